The van der Waals surface area contributed by atoms with Crippen LogP contribution in [-0.4, -0.2) is 0 Å². The monoisotopic (exact) mass is 591 g/mol. The summed E-state index contributed by atoms with van der Waals surface area (Å²) in [4.78, 5) is 2.57. The van der Waals surface area contributed by atoms with Crippen LogP contribution in [0.4, 0.5) is 0 Å². The molecule has 0 spiro atoms. The Morgan fingerprint density at radius 2 is 1.00 bits per heavy atom. The maximum absolute atomic E-state index is 8.68. The Morgan fingerprint density at radius 1 is 0.378 bits per heavy atom. The molecule has 0 N–H and O–H groups in total. The molecule has 208 valence electrons. The second-order valence-corrected chi connectivity index (χ2v) is 12.8. The summed E-state index contributed by atoms with van der Waals surface area (Å²) in [6.45, 7) is 0. The van der Waals surface area contributed by atoms with E-state index in [1.807, 2.05) is 30.0 Å². The van der Waals surface area contributed by atoms with Crippen molar-refractivity contribution in [2.24, 2.45) is 0 Å². The number of benzene rings is 9. The first kappa shape index (κ1) is 20.6. The molecule has 1 heterocycles. The van der Waals surface area contributed by atoms with Gasteiger partial charge >= 0.3 is 0 Å². The predicted octanol–water partition coefficient (Wildman–Crippen LogP) is 12.9. The van der Waals surface area contributed by atoms with Gasteiger partial charge in [0.15, 0.2) is 0 Å². The molecule has 1 heteroatoms. The SMILES string of the molecule is [2H]c1c([2H])c([2H])c(-c2ccc3ccc4c(-c5cccc(-c6ccc7c(c6)-c6cccc8cccc(c68)S7)c5)ccc5ccc2c3c54)c([2H])c1[2H]. The summed E-state index contributed by atoms with van der Waals surface area (Å²) in [5.41, 5.74) is 7.96. The lowest BCUT2D eigenvalue weighted by Crippen LogP contribution is -1.93. The van der Waals surface area contributed by atoms with Crippen LogP contribution in [0.25, 0.3) is 87.6 Å². The van der Waals surface area contributed by atoms with Crippen LogP contribution >= 0.6 is 11.8 Å². The van der Waals surface area contributed by atoms with Gasteiger partial charge in [0.25, 0.3) is 0 Å². The average Bonchev–Trinajstić information content (AvgIpc) is 3.16. The summed E-state index contributed by atoms with van der Waals surface area (Å²) in [5.74, 6) is 0. The van der Waals surface area contributed by atoms with Crippen LogP contribution < -0.4 is 0 Å². The highest BCUT2D eigenvalue weighted by Gasteiger charge is 2.20. The molecule has 0 aromatic heterocycles. The van der Waals surface area contributed by atoms with Gasteiger partial charge in [0.2, 0.25) is 0 Å². The molecule has 0 radical (unpaired) electrons. The van der Waals surface area contributed by atoms with Crippen LogP contribution in [0.2, 0.25) is 0 Å². The molecule has 0 aliphatic carbocycles. The van der Waals surface area contributed by atoms with Gasteiger partial charge in [-0.3, -0.25) is 0 Å². The van der Waals surface area contributed by atoms with Crippen molar-refractivity contribution in [1.29, 1.82) is 0 Å². The van der Waals surface area contributed by atoms with Crippen LogP contribution in [0.15, 0.2) is 167 Å². The fourth-order valence-corrected chi connectivity index (χ4v) is 8.39. The van der Waals surface area contributed by atoms with E-state index < -0.39 is 0 Å². The molecule has 9 aromatic rings. The van der Waals surface area contributed by atoms with Gasteiger partial charge in [-0.2, -0.15) is 0 Å². The van der Waals surface area contributed by atoms with E-state index >= 15 is 0 Å². The van der Waals surface area contributed by atoms with Gasteiger partial charge in [0, 0.05) is 15.2 Å². The number of hydrogen-bond donors (Lipinski definition) is 0. The van der Waals surface area contributed by atoms with E-state index in [0.29, 0.717) is 5.56 Å². The van der Waals surface area contributed by atoms with E-state index in [1.165, 1.54) is 37.3 Å². The molecule has 1 aliphatic heterocycles. The second-order valence-electron chi connectivity index (χ2n) is 11.7. The molecule has 0 fully saturated rings. The van der Waals surface area contributed by atoms with Crippen LogP contribution in [0, 0.1) is 0 Å². The molecular formula is C44H26S. The lowest BCUT2D eigenvalue weighted by Gasteiger charge is -2.21. The van der Waals surface area contributed by atoms with E-state index in [4.69, 9.17) is 6.85 Å². The van der Waals surface area contributed by atoms with Crippen molar-refractivity contribution in [2.75, 3.05) is 0 Å². The van der Waals surface area contributed by atoms with Crippen molar-refractivity contribution >= 4 is 54.9 Å². The van der Waals surface area contributed by atoms with E-state index in [2.05, 4.69) is 109 Å². The van der Waals surface area contributed by atoms with Crippen molar-refractivity contribution < 1.29 is 6.85 Å². The highest BCUT2D eigenvalue weighted by atomic mass is 32.2. The summed E-state index contributed by atoms with van der Waals surface area (Å²) in [6.07, 6.45) is 0. The van der Waals surface area contributed by atoms with E-state index in [1.54, 1.807) is 0 Å². The zero-order valence-electron chi connectivity index (χ0n) is 29.0. The topological polar surface area (TPSA) is 0 Å². The number of hydrogen-bond acceptors (Lipinski definition) is 1. The molecule has 0 saturated heterocycles. The zero-order valence-corrected chi connectivity index (χ0v) is 24.8. The minimum atomic E-state index is -0.384. The van der Waals surface area contributed by atoms with E-state index in [-0.39, 0.29) is 35.8 Å². The molecule has 45 heavy (non-hydrogen) atoms. The number of rotatable bonds is 3. The van der Waals surface area contributed by atoms with Gasteiger partial charge in [-0.15, -0.1) is 0 Å². The molecule has 10 rings (SSSR count). The Bertz CT molecular complexity index is 2880. The Balaban J connectivity index is 1.14. The summed E-state index contributed by atoms with van der Waals surface area (Å²) in [5, 5.41) is 8.84. The summed E-state index contributed by atoms with van der Waals surface area (Å²) in [6, 6.07) is 43.9. The van der Waals surface area contributed by atoms with Crippen LogP contribution in [-0.2, 0) is 0 Å². The van der Waals surface area contributed by atoms with Crippen molar-refractivity contribution in [2.45, 2.75) is 9.79 Å². The quantitative estimate of drug-likeness (QED) is 0.184. The fourth-order valence-electron chi connectivity index (χ4n) is 7.27. The lowest BCUT2D eigenvalue weighted by molar-refractivity contribution is 1.39. The van der Waals surface area contributed by atoms with Crippen LogP contribution in [0.3, 0.4) is 0 Å². The molecule has 1 aliphatic rings. The Labute approximate surface area is 273 Å². The minimum absolute atomic E-state index is 0.190. The molecule has 0 unspecified atom stereocenters. The molecule has 0 saturated carbocycles. The van der Waals surface area contributed by atoms with Crippen molar-refractivity contribution in [3.05, 3.63) is 158 Å². The van der Waals surface area contributed by atoms with Gasteiger partial charge in [-0.05, 0) is 106 Å². The molecule has 0 atom stereocenters. The highest BCUT2D eigenvalue weighted by molar-refractivity contribution is 7.99. The Kier molecular flexibility index (Phi) is 4.37. The first-order valence-electron chi connectivity index (χ1n) is 17.6. The predicted molar refractivity (Wildman–Crippen MR) is 194 cm³/mol. The molecule has 0 amide bonds. The van der Waals surface area contributed by atoms with Gasteiger partial charge in [0.05, 0.1) is 6.85 Å². The Morgan fingerprint density at radius 3 is 1.78 bits per heavy atom. The largest absolute Gasteiger partial charge is 0.0888 e. The normalized spacial score (nSPS) is 13.9. The third-order valence-electron chi connectivity index (χ3n) is 9.30. The molecular weight excluding hydrogens is 561 g/mol. The van der Waals surface area contributed by atoms with Crippen LogP contribution in [0.5, 0.6) is 0 Å². The van der Waals surface area contributed by atoms with Crippen molar-refractivity contribution in [1.82, 2.24) is 0 Å². The standard InChI is InChI=1S/C44H26S/c1-2-7-27(8-3-1)34-20-15-29-18-23-38-35(21-16-30-17-22-37(34)43(29)44(30)38)33-12-4-11-31(25-33)32-19-24-40-39(26-32)36-13-5-9-28-10-6-14-41(45-40)42(28)36/h1-26H/i1D,2D,3D,7D,8D. The molecule has 9 aromatic carbocycles. The summed E-state index contributed by atoms with van der Waals surface area (Å²) >= 11 is 1.84. The summed E-state index contributed by atoms with van der Waals surface area (Å²) < 4.78 is 42.1. The van der Waals surface area contributed by atoms with Crippen LogP contribution in [0.1, 0.15) is 6.85 Å². The highest BCUT2D eigenvalue weighted by Crippen LogP contribution is 2.49. The Hall–Kier alpha value is -5.37. The van der Waals surface area contributed by atoms with Crippen molar-refractivity contribution in [3.8, 4) is 44.5 Å². The zero-order chi connectivity index (χ0) is 33.8. The smallest absolute Gasteiger partial charge is 0.0629 e. The van der Waals surface area contributed by atoms with Gasteiger partial charge in [0.1, 0.15) is 0 Å². The van der Waals surface area contributed by atoms with Crippen molar-refractivity contribution in [3.63, 3.8) is 0 Å². The minimum Gasteiger partial charge on any atom is -0.0888 e. The molecule has 0 bridgehead atoms. The van der Waals surface area contributed by atoms with E-state index in [9.17, 15) is 0 Å². The average molecular weight is 592 g/mol. The van der Waals surface area contributed by atoms with Gasteiger partial charge < -0.3 is 0 Å². The third-order valence-corrected chi connectivity index (χ3v) is 10.4. The van der Waals surface area contributed by atoms with E-state index in [0.717, 1.165) is 49.0 Å². The first-order chi connectivity index (χ1) is 24.4. The fraction of sp³-hybridized carbons (Fsp3) is 0. The second kappa shape index (κ2) is 9.56. The van der Waals surface area contributed by atoms with Gasteiger partial charge in [-0.25, -0.2) is 0 Å². The summed E-state index contributed by atoms with van der Waals surface area (Å²) in [7, 11) is 0. The number of fused-ring (bicyclic) bond motifs is 2. The maximum atomic E-state index is 8.68. The third kappa shape index (κ3) is 3.75. The first-order valence-corrected chi connectivity index (χ1v) is 15.9. The lowest BCUT2D eigenvalue weighted by atomic mass is 9.87. The van der Waals surface area contributed by atoms with Gasteiger partial charge in [-0.1, -0.05) is 145 Å². The molecule has 0 nitrogen and oxygen atoms in total. The maximum Gasteiger partial charge on any atom is 0.0629 e.